The number of ether oxygens (including phenoxy) is 1. The Hall–Kier alpha value is -1.65. The van der Waals surface area contributed by atoms with Crippen LogP contribution in [-0.4, -0.2) is 53.1 Å². The first-order valence-electron chi connectivity index (χ1n) is 11.5. The first-order valence-corrected chi connectivity index (χ1v) is 11.5. The number of carbonyl (C=O) groups is 2. The van der Waals surface area contributed by atoms with E-state index in [1.165, 1.54) is 0 Å². The fourth-order valence-electron chi connectivity index (χ4n) is 7.47. The quantitative estimate of drug-likeness (QED) is 0.663. The van der Waals surface area contributed by atoms with E-state index in [0.29, 0.717) is 24.2 Å². The van der Waals surface area contributed by atoms with Crippen LogP contribution in [0.2, 0.25) is 0 Å². The first-order chi connectivity index (χ1) is 14.1. The van der Waals surface area contributed by atoms with Crippen LogP contribution < -0.4 is 11.1 Å². The molecule has 0 aromatic heterocycles. The van der Waals surface area contributed by atoms with Crippen molar-refractivity contribution in [1.29, 1.82) is 5.26 Å². The lowest BCUT2D eigenvalue weighted by Gasteiger charge is -2.62. The van der Waals surface area contributed by atoms with Gasteiger partial charge in [0.2, 0.25) is 5.91 Å². The standard InChI is InChI=1S/C23H34N4O3/c1-21(2,26-3)20(29)30-23-9-13-4-14(10-23)8-22(7-13,12-23)18(25)19(28)27-16(11-24)5-15-6-17(15)27/h13-18,26H,4-10,12,25H2,1-3H3/t13-,14?,15?,16-,17?,18+,22?,23?/m0/s1. The van der Waals surface area contributed by atoms with Crippen LogP contribution in [0.1, 0.15) is 65.2 Å². The lowest BCUT2D eigenvalue weighted by molar-refractivity contribution is -0.210. The van der Waals surface area contributed by atoms with Gasteiger partial charge in [-0.25, -0.2) is 0 Å². The Morgan fingerprint density at radius 3 is 2.47 bits per heavy atom. The second kappa shape index (κ2) is 6.43. The molecule has 6 fully saturated rings. The van der Waals surface area contributed by atoms with Crippen LogP contribution in [0, 0.1) is 34.5 Å². The maximum Gasteiger partial charge on any atom is 0.326 e. The van der Waals surface area contributed by atoms with Crippen molar-refractivity contribution in [3.05, 3.63) is 0 Å². The Kier molecular flexibility index (Phi) is 4.34. The van der Waals surface area contributed by atoms with Crippen LogP contribution >= 0.6 is 0 Å². The molecule has 1 aliphatic heterocycles. The molecule has 7 nitrogen and oxygen atoms in total. The molecule has 5 saturated carbocycles. The Bertz CT molecular complexity index is 804. The van der Waals surface area contributed by atoms with Crippen molar-refractivity contribution >= 4 is 11.9 Å². The van der Waals surface area contributed by atoms with Crippen LogP contribution in [0.3, 0.4) is 0 Å². The molecular formula is C23H34N4O3. The van der Waals surface area contributed by atoms with Gasteiger partial charge < -0.3 is 20.7 Å². The third kappa shape index (κ3) is 2.90. The molecule has 5 unspecified atom stereocenters. The van der Waals surface area contributed by atoms with Gasteiger partial charge >= 0.3 is 5.97 Å². The number of nitrogens with two attached hydrogens (primary N) is 1. The minimum atomic E-state index is -0.745. The topological polar surface area (TPSA) is 108 Å². The van der Waals surface area contributed by atoms with E-state index in [2.05, 4.69) is 11.4 Å². The maximum absolute atomic E-state index is 13.5. The number of carbonyl (C=O) groups excluding carboxylic acids is 2. The summed E-state index contributed by atoms with van der Waals surface area (Å²) < 4.78 is 6.22. The van der Waals surface area contributed by atoms with Gasteiger partial charge in [-0.1, -0.05) is 0 Å². The molecule has 4 bridgehead atoms. The number of nitrogens with one attached hydrogen (secondary N) is 1. The summed E-state index contributed by atoms with van der Waals surface area (Å²) in [6.07, 6.45) is 7.25. The van der Waals surface area contributed by atoms with Crippen LogP contribution in [0.5, 0.6) is 0 Å². The fourth-order valence-corrected chi connectivity index (χ4v) is 7.47. The molecule has 6 rings (SSSR count). The summed E-state index contributed by atoms with van der Waals surface area (Å²) in [4.78, 5) is 28.2. The Morgan fingerprint density at radius 1 is 1.20 bits per heavy atom. The molecule has 1 heterocycles. The van der Waals surface area contributed by atoms with Gasteiger partial charge in [-0.2, -0.15) is 5.26 Å². The van der Waals surface area contributed by atoms with Gasteiger partial charge in [-0.05, 0) is 95.4 Å². The zero-order valence-corrected chi connectivity index (χ0v) is 18.3. The lowest BCUT2D eigenvalue weighted by Crippen LogP contribution is -2.66. The molecular weight excluding hydrogens is 380 g/mol. The molecule has 1 saturated heterocycles. The number of piperidine rings is 1. The van der Waals surface area contributed by atoms with E-state index in [4.69, 9.17) is 10.5 Å². The van der Waals surface area contributed by atoms with E-state index in [-0.39, 0.29) is 29.4 Å². The number of likely N-dealkylation sites (tertiary alicyclic amines) is 1. The summed E-state index contributed by atoms with van der Waals surface area (Å²) >= 11 is 0. The molecule has 8 atom stereocenters. The van der Waals surface area contributed by atoms with Gasteiger partial charge in [-0.3, -0.25) is 9.59 Å². The van der Waals surface area contributed by atoms with E-state index < -0.39 is 17.2 Å². The number of rotatable bonds is 5. The van der Waals surface area contributed by atoms with Crippen LogP contribution in [0.4, 0.5) is 0 Å². The number of nitriles is 1. The van der Waals surface area contributed by atoms with Gasteiger partial charge in [0.15, 0.2) is 0 Å². The molecule has 0 aromatic rings. The molecule has 3 N–H and O–H groups in total. The van der Waals surface area contributed by atoms with Crippen molar-refractivity contribution in [2.75, 3.05) is 7.05 Å². The zero-order valence-electron chi connectivity index (χ0n) is 18.3. The maximum atomic E-state index is 13.5. The Balaban J connectivity index is 1.40. The molecule has 164 valence electrons. The summed E-state index contributed by atoms with van der Waals surface area (Å²) in [5.41, 5.74) is 5.17. The highest BCUT2D eigenvalue weighted by Crippen LogP contribution is 2.64. The normalized spacial score (nSPS) is 44.4. The van der Waals surface area contributed by atoms with Gasteiger partial charge in [0.05, 0.1) is 12.1 Å². The fraction of sp³-hybridized carbons (Fsp3) is 0.870. The highest BCUT2D eigenvalue weighted by Gasteiger charge is 2.64. The van der Waals surface area contributed by atoms with Crippen molar-refractivity contribution < 1.29 is 14.3 Å². The number of hydrogen-bond acceptors (Lipinski definition) is 6. The zero-order chi connectivity index (χ0) is 21.5. The van der Waals surface area contributed by atoms with Crippen molar-refractivity contribution in [1.82, 2.24) is 10.2 Å². The third-order valence-corrected chi connectivity index (χ3v) is 8.93. The van der Waals surface area contributed by atoms with E-state index in [1.807, 2.05) is 13.8 Å². The number of esters is 1. The second-order valence-corrected chi connectivity index (χ2v) is 11.4. The summed E-state index contributed by atoms with van der Waals surface area (Å²) in [5.74, 6) is 1.11. The SMILES string of the molecule is CNC(C)(C)C(=O)OC12CC3C[C@H](C1)CC([C@H](N)C(=O)N1C4CC4C[C@H]1C#N)(C3)C2. The predicted octanol–water partition coefficient (Wildman–Crippen LogP) is 1.71. The van der Waals surface area contributed by atoms with E-state index in [9.17, 15) is 14.9 Å². The van der Waals surface area contributed by atoms with Crippen molar-refractivity contribution in [2.24, 2.45) is 28.9 Å². The molecule has 6 aliphatic rings. The van der Waals surface area contributed by atoms with E-state index in [0.717, 1.165) is 44.9 Å². The summed E-state index contributed by atoms with van der Waals surface area (Å²) in [6.45, 7) is 3.67. The molecule has 30 heavy (non-hydrogen) atoms. The smallest absolute Gasteiger partial charge is 0.326 e. The van der Waals surface area contributed by atoms with Gasteiger partial charge in [0.25, 0.3) is 0 Å². The second-order valence-electron chi connectivity index (χ2n) is 11.4. The average Bonchev–Trinajstić information content (AvgIpc) is 3.35. The van der Waals surface area contributed by atoms with Crippen molar-refractivity contribution in [3.8, 4) is 6.07 Å². The Morgan fingerprint density at radius 2 is 1.87 bits per heavy atom. The molecule has 0 spiro atoms. The number of hydrogen-bond donors (Lipinski definition) is 2. The Labute approximate surface area is 178 Å². The third-order valence-electron chi connectivity index (χ3n) is 8.93. The number of nitrogens with zero attached hydrogens (tertiary/aromatic N) is 2. The lowest BCUT2D eigenvalue weighted by atomic mass is 9.46. The van der Waals surface area contributed by atoms with Crippen molar-refractivity contribution in [2.45, 2.75) is 94.5 Å². The molecule has 7 heteroatoms. The van der Waals surface area contributed by atoms with Gasteiger partial charge in [0, 0.05) is 6.04 Å². The number of likely N-dealkylation sites (N-methyl/N-ethyl adjacent to an activating group) is 1. The first kappa shape index (κ1) is 20.3. The highest BCUT2D eigenvalue weighted by molar-refractivity contribution is 5.85. The van der Waals surface area contributed by atoms with Gasteiger partial charge in [-0.15, -0.1) is 0 Å². The minimum absolute atomic E-state index is 0.0504. The molecule has 0 aromatic carbocycles. The summed E-state index contributed by atoms with van der Waals surface area (Å²) in [7, 11) is 1.77. The highest BCUT2D eigenvalue weighted by atomic mass is 16.6. The summed E-state index contributed by atoms with van der Waals surface area (Å²) in [6, 6.07) is 1.58. The van der Waals surface area contributed by atoms with Crippen LogP contribution in [0.25, 0.3) is 0 Å². The monoisotopic (exact) mass is 414 g/mol. The minimum Gasteiger partial charge on any atom is -0.458 e. The molecule has 5 aliphatic carbocycles. The van der Waals surface area contributed by atoms with E-state index in [1.54, 1.807) is 11.9 Å². The number of fused-ring (bicyclic) bond motifs is 1. The summed E-state index contributed by atoms with van der Waals surface area (Å²) in [5, 5.41) is 12.6. The molecule has 0 radical (unpaired) electrons. The number of amides is 1. The van der Waals surface area contributed by atoms with E-state index >= 15 is 0 Å². The van der Waals surface area contributed by atoms with Crippen LogP contribution in [0.15, 0.2) is 0 Å². The average molecular weight is 415 g/mol. The molecule has 1 amide bonds. The largest absolute Gasteiger partial charge is 0.458 e. The van der Waals surface area contributed by atoms with Gasteiger partial charge in [0.1, 0.15) is 17.2 Å². The van der Waals surface area contributed by atoms with Crippen LogP contribution in [-0.2, 0) is 14.3 Å². The van der Waals surface area contributed by atoms with Crippen molar-refractivity contribution in [3.63, 3.8) is 0 Å². The predicted molar refractivity (Wildman–Crippen MR) is 110 cm³/mol.